The number of hydrogen-bond donors (Lipinski definition) is 1. The Morgan fingerprint density at radius 1 is 1.03 bits per heavy atom. The Morgan fingerprint density at radius 2 is 1.86 bits per heavy atom. The number of rotatable bonds is 7. The van der Waals surface area contributed by atoms with Gasteiger partial charge in [0.05, 0.1) is 37.2 Å². The smallest absolute Gasteiger partial charge is 0.224 e. The van der Waals surface area contributed by atoms with Gasteiger partial charge in [-0.15, -0.1) is 0 Å². The zero-order chi connectivity index (χ0) is 24.2. The van der Waals surface area contributed by atoms with Crippen molar-refractivity contribution in [2.45, 2.75) is 6.17 Å². The third-order valence-corrected chi connectivity index (χ3v) is 5.56. The molecule has 1 unspecified atom stereocenters. The number of methoxy groups -OCH3 is 1. The van der Waals surface area contributed by atoms with Gasteiger partial charge in [0.2, 0.25) is 5.95 Å². The SMILES string of the molecule is COc1cccc(-n2c(-c3cccc(C#N)c3)nc3cnc(NCC(F)c4ccccc4)nc32)c1. The lowest BCUT2D eigenvalue weighted by molar-refractivity contribution is 0.360. The largest absolute Gasteiger partial charge is 0.497 e. The summed E-state index contributed by atoms with van der Waals surface area (Å²) in [6, 6.07) is 25.9. The third-order valence-electron chi connectivity index (χ3n) is 5.56. The van der Waals surface area contributed by atoms with Crippen LogP contribution >= 0.6 is 0 Å². The van der Waals surface area contributed by atoms with E-state index < -0.39 is 6.17 Å². The van der Waals surface area contributed by atoms with E-state index in [9.17, 15) is 9.65 Å². The second kappa shape index (κ2) is 9.61. The molecule has 3 aromatic carbocycles. The zero-order valence-corrected chi connectivity index (χ0v) is 18.9. The van der Waals surface area contributed by atoms with Crippen molar-refractivity contribution in [1.29, 1.82) is 5.26 Å². The van der Waals surface area contributed by atoms with Crippen molar-refractivity contribution in [2.75, 3.05) is 19.0 Å². The lowest BCUT2D eigenvalue weighted by atomic mass is 10.1. The minimum Gasteiger partial charge on any atom is -0.497 e. The molecule has 5 rings (SSSR count). The molecular weight excluding hydrogens is 443 g/mol. The summed E-state index contributed by atoms with van der Waals surface area (Å²) < 4.78 is 22.0. The van der Waals surface area contributed by atoms with Gasteiger partial charge in [-0.05, 0) is 29.8 Å². The Balaban J connectivity index is 1.58. The zero-order valence-electron chi connectivity index (χ0n) is 18.9. The topological polar surface area (TPSA) is 88.7 Å². The first-order valence-corrected chi connectivity index (χ1v) is 11.0. The Hall–Kier alpha value is -4.77. The summed E-state index contributed by atoms with van der Waals surface area (Å²) in [4.78, 5) is 13.8. The molecule has 0 bridgehead atoms. The first kappa shape index (κ1) is 22.0. The van der Waals surface area contributed by atoms with E-state index in [1.165, 1.54) is 0 Å². The van der Waals surface area contributed by atoms with Gasteiger partial charge < -0.3 is 10.1 Å². The molecule has 2 aromatic heterocycles. The van der Waals surface area contributed by atoms with Crippen LogP contribution in [-0.2, 0) is 0 Å². The number of alkyl halides is 1. The highest BCUT2D eigenvalue weighted by molar-refractivity contribution is 5.80. The Labute approximate surface area is 201 Å². The number of nitrogens with zero attached hydrogens (tertiary/aromatic N) is 5. The van der Waals surface area contributed by atoms with Crippen molar-refractivity contribution in [3.8, 4) is 28.9 Å². The number of halogens is 1. The maximum atomic E-state index is 14.7. The number of imidazole rings is 1. The fraction of sp³-hybridized carbons (Fsp3) is 0.111. The number of benzene rings is 3. The molecule has 0 spiro atoms. The maximum Gasteiger partial charge on any atom is 0.224 e. The van der Waals surface area contributed by atoms with Crippen LogP contribution in [0.1, 0.15) is 17.3 Å². The van der Waals surface area contributed by atoms with Crippen LogP contribution in [0.25, 0.3) is 28.2 Å². The normalized spacial score (nSPS) is 11.7. The molecule has 35 heavy (non-hydrogen) atoms. The van der Waals surface area contributed by atoms with Gasteiger partial charge in [0.1, 0.15) is 23.3 Å². The van der Waals surface area contributed by atoms with Crippen LogP contribution in [0.2, 0.25) is 0 Å². The van der Waals surface area contributed by atoms with Gasteiger partial charge in [-0.2, -0.15) is 10.2 Å². The van der Waals surface area contributed by atoms with Crippen LogP contribution in [0.3, 0.4) is 0 Å². The summed E-state index contributed by atoms with van der Waals surface area (Å²) in [6.45, 7) is 0.0277. The fourth-order valence-corrected chi connectivity index (χ4v) is 3.84. The molecule has 0 saturated heterocycles. The fourth-order valence-electron chi connectivity index (χ4n) is 3.84. The summed E-state index contributed by atoms with van der Waals surface area (Å²) >= 11 is 0. The van der Waals surface area contributed by atoms with E-state index >= 15 is 0 Å². The minimum atomic E-state index is -1.21. The first-order valence-electron chi connectivity index (χ1n) is 11.0. The molecule has 172 valence electrons. The predicted octanol–water partition coefficient (Wildman–Crippen LogP) is 5.49. The van der Waals surface area contributed by atoms with Crippen molar-refractivity contribution in [3.05, 3.63) is 96.2 Å². The third kappa shape index (κ3) is 4.52. The highest BCUT2D eigenvalue weighted by Gasteiger charge is 2.18. The standard InChI is InChI=1S/C27H21FN6O/c1-35-22-12-6-11-21(14-22)34-25(20-10-5-7-18(13-20)15-29)32-24-17-31-27(33-26(24)34)30-16-23(28)19-8-3-2-4-9-19/h2-14,17,23H,16H2,1H3,(H,30,31,33). The molecule has 0 aliphatic rings. The van der Waals surface area contributed by atoms with Crippen LogP contribution in [-0.4, -0.2) is 33.2 Å². The van der Waals surface area contributed by atoms with Crippen molar-refractivity contribution in [2.24, 2.45) is 0 Å². The molecule has 8 heteroatoms. The molecule has 0 amide bonds. The quantitative estimate of drug-likeness (QED) is 0.343. The van der Waals surface area contributed by atoms with Gasteiger partial charge in [0.15, 0.2) is 5.65 Å². The molecule has 0 radical (unpaired) electrons. The number of nitrogens with one attached hydrogen (secondary N) is 1. The van der Waals surface area contributed by atoms with Crippen molar-refractivity contribution in [3.63, 3.8) is 0 Å². The molecule has 7 nitrogen and oxygen atoms in total. The van der Waals surface area contributed by atoms with Crippen LogP contribution in [0.5, 0.6) is 5.75 Å². The van der Waals surface area contributed by atoms with Crippen molar-refractivity contribution >= 4 is 17.1 Å². The second-order valence-corrected chi connectivity index (χ2v) is 7.83. The maximum absolute atomic E-state index is 14.7. The average molecular weight is 465 g/mol. The molecule has 0 saturated carbocycles. The minimum absolute atomic E-state index is 0.0277. The summed E-state index contributed by atoms with van der Waals surface area (Å²) in [5.74, 6) is 1.57. The van der Waals surface area contributed by atoms with E-state index in [2.05, 4.69) is 21.4 Å². The second-order valence-electron chi connectivity index (χ2n) is 7.83. The number of ether oxygens (including phenoxy) is 1. The molecule has 0 aliphatic carbocycles. The molecule has 1 atom stereocenters. The molecule has 1 N–H and O–H groups in total. The summed E-state index contributed by atoms with van der Waals surface area (Å²) in [6.07, 6.45) is 0.400. The van der Waals surface area contributed by atoms with E-state index in [1.54, 1.807) is 49.7 Å². The Morgan fingerprint density at radius 3 is 2.66 bits per heavy atom. The molecular formula is C27H21FN6O. The highest BCUT2D eigenvalue weighted by Crippen LogP contribution is 2.30. The van der Waals surface area contributed by atoms with Crippen LogP contribution in [0, 0.1) is 11.3 Å². The first-order chi connectivity index (χ1) is 17.2. The number of anilines is 1. The van der Waals surface area contributed by atoms with Gasteiger partial charge in [0.25, 0.3) is 0 Å². The molecule has 5 aromatic rings. The Kier molecular flexibility index (Phi) is 6.05. The highest BCUT2D eigenvalue weighted by atomic mass is 19.1. The number of aromatic nitrogens is 4. The van der Waals surface area contributed by atoms with Gasteiger partial charge in [-0.25, -0.2) is 14.4 Å². The summed E-state index contributed by atoms with van der Waals surface area (Å²) in [7, 11) is 1.60. The predicted molar refractivity (Wildman–Crippen MR) is 132 cm³/mol. The van der Waals surface area contributed by atoms with Gasteiger partial charge in [-0.3, -0.25) is 4.57 Å². The van der Waals surface area contributed by atoms with E-state index in [4.69, 9.17) is 9.72 Å². The average Bonchev–Trinajstić information content (AvgIpc) is 3.31. The van der Waals surface area contributed by atoms with Crippen LogP contribution < -0.4 is 10.1 Å². The number of hydrogen-bond acceptors (Lipinski definition) is 6. The van der Waals surface area contributed by atoms with Crippen molar-refractivity contribution in [1.82, 2.24) is 19.5 Å². The lowest BCUT2D eigenvalue weighted by Gasteiger charge is -2.12. The van der Waals surface area contributed by atoms with E-state index in [0.29, 0.717) is 33.9 Å². The van der Waals surface area contributed by atoms with E-state index in [-0.39, 0.29) is 12.5 Å². The van der Waals surface area contributed by atoms with Gasteiger partial charge >= 0.3 is 0 Å². The van der Waals surface area contributed by atoms with Gasteiger partial charge in [-0.1, -0.05) is 48.5 Å². The molecule has 0 fully saturated rings. The van der Waals surface area contributed by atoms with Gasteiger partial charge in [0, 0.05) is 11.6 Å². The summed E-state index contributed by atoms with van der Waals surface area (Å²) in [5, 5.41) is 12.4. The van der Waals surface area contributed by atoms with Crippen LogP contribution in [0.15, 0.2) is 85.1 Å². The van der Waals surface area contributed by atoms with E-state index in [0.717, 1.165) is 11.3 Å². The number of nitriles is 1. The molecule has 2 heterocycles. The Bertz CT molecular complexity index is 1530. The summed E-state index contributed by atoms with van der Waals surface area (Å²) in [5.41, 5.74) is 3.75. The van der Waals surface area contributed by atoms with E-state index in [1.807, 2.05) is 47.0 Å². The monoisotopic (exact) mass is 464 g/mol. The van der Waals surface area contributed by atoms with Crippen molar-refractivity contribution < 1.29 is 9.13 Å². The number of fused-ring (bicyclic) bond motifs is 1. The molecule has 0 aliphatic heterocycles. The lowest BCUT2D eigenvalue weighted by Crippen LogP contribution is -2.11. The van der Waals surface area contributed by atoms with Crippen LogP contribution in [0.4, 0.5) is 10.3 Å².